The van der Waals surface area contributed by atoms with Crippen LogP contribution < -0.4 is 15.2 Å². The number of Topliss-reactive ketones (excluding diaryl/α,β-unsaturated/α-hetero) is 1. The molecular weight excluding hydrogens is 182 g/mol. The van der Waals surface area contributed by atoms with Gasteiger partial charge in [-0.1, -0.05) is 0 Å². The molecule has 0 bridgehead atoms. The molecule has 2 N–H and O–H groups in total. The molecule has 0 fully saturated rings. The molecule has 0 saturated heterocycles. The minimum Gasteiger partial charge on any atom is -0.496 e. The molecule has 1 aromatic carbocycles. The molecule has 4 heteroatoms. The molecule has 14 heavy (non-hydrogen) atoms. The van der Waals surface area contributed by atoms with Gasteiger partial charge in [0, 0.05) is 0 Å². The highest BCUT2D eigenvalue weighted by atomic mass is 16.5. The summed E-state index contributed by atoms with van der Waals surface area (Å²) in [6, 6.07) is 3.33. The molecular formula is C10H13NO3. The highest BCUT2D eigenvalue weighted by Gasteiger charge is 2.15. The number of nitrogen functional groups attached to an aromatic ring is 1. The summed E-state index contributed by atoms with van der Waals surface area (Å²) >= 11 is 0. The van der Waals surface area contributed by atoms with Gasteiger partial charge in [0.1, 0.15) is 11.5 Å². The second-order valence-corrected chi connectivity index (χ2v) is 2.81. The summed E-state index contributed by atoms with van der Waals surface area (Å²) in [7, 11) is 3.00. The van der Waals surface area contributed by atoms with E-state index in [4.69, 9.17) is 15.2 Å². The van der Waals surface area contributed by atoms with Crippen LogP contribution in [0.3, 0.4) is 0 Å². The maximum Gasteiger partial charge on any atom is 0.165 e. The first kappa shape index (κ1) is 10.4. The van der Waals surface area contributed by atoms with Gasteiger partial charge in [0.25, 0.3) is 0 Å². The van der Waals surface area contributed by atoms with Crippen molar-refractivity contribution in [1.29, 1.82) is 0 Å². The number of hydrogen-bond donors (Lipinski definition) is 1. The standard InChI is InChI=1S/C10H13NO3/c1-6(12)9-7(13-2)4-5-8(14-3)10(9)11/h4-5H,11H2,1-3H3. The van der Waals surface area contributed by atoms with Gasteiger partial charge in [-0.25, -0.2) is 0 Å². The van der Waals surface area contributed by atoms with Crippen LogP contribution in [0.25, 0.3) is 0 Å². The number of ketones is 1. The molecule has 0 aliphatic heterocycles. The molecule has 1 rings (SSSR count). The number of carbonyl (C=O) groups excluding carboxylic acids is 1. The summed E-state index contributed by atoms with van der Waals surface area (Å²) in [4.78, 5) is 11.3. The van der Waals surface area contributed by atoms with Gasteiger partial charge < -0.3 is 15.2 Å². The van der Waals surface area contributed by atoms with Gasteiger partial charge in [-0.05, 0) is 19.1 Å². The van der Waals surface area contributed by atoms with E-state index in [2.05, 4.69) is 0 Å². The Kier molecular flexibility index (Phi) is 2.96. The molecule has 76 valence electrons. The van der Waals surface area contributed by atoms with Crippen LogP contribution in [0.4, 0.5) is 5.69 Å². The molecule has 1 aromatic rings. The van der Waals surface area contributed by atoms with Gasteiger partial charge in [0.05, 0.1) is 25.5 Å². The van der Waals surface area contributed by atoms with Gasteiger partial charge in [-0.15, -0.1) is 0 Å². The predicted octanol–water partition coefficient (Wildman–Crippen LogP) is 1.49. The first-order chi connectivity index (χ1) is 6.61. The van der Waals surface area contributed by atoms with E-state index < -0.39 is 0 Å². The van der Waals surface area contributed by atoms with Crippen molar-refractivity contribution in [1.82, 2.24) is 0 Å². The number of rotatable bonds is 3. The lowest BCUT2D eigenvalue weighted by Crippen LogP contribution is -2.04. The molecule has 0 heterocycles. The summed E-state index contributed by atoms with van der Waals surface area (Å²) < 4.78 is 10.0. The van der Waals surface area contributed by atoms with Crippen LogP contribution in [0.5, 0.6) is 11.5 Å². The van der Waals surface area contributed by atoms with Crippen LogP contribution >= 0.6 is 0 Å². The van der Waals surface area contributed by atoms with Gasteiger partial charge in [-0.3, -0.25) is 4.79 Å². The van der Waals surface area contributed by atoms with Gasteiger partial charge >= 0.3 is 0 Å². The van der Waals surface area contributed by atoms with Crippen LogP contribution in [0.2, 0.25) is 0 Å². The lowest BCUT2D eigenvalue weighted by molar-refractivity contribution is 0.101. The molecule has 0 amide bonds. The first-order valence-electron chi connectivity index (χ1n) is 4.13. The number of ether oxygens (including phenoxy) is 2. The van der Waals surface area contributed by atoms with E-state index in [9.17, 15) is 4.79 Å². The Labute approximate surface area is 82.6 Å². The molecule has 0 aromatic heterocycles. The minimum absolute atomic E-state index is 0.141. The number of anilines is 1. The lowest BCUT2D eigenvalue weighted by Gasteiger charge is -2.11. The third-order valence-electron chi connectivity index (χ3n) is 1.96. The summed E-state index contributed by atoms with van der Waals surface area (Å²) in [5.41, 5.74) is 6.43. The molecule has 0 spiro atoms. The SMILES string of the molecule is COc1ccc(OC)c(C(C)=O)c1N. The summed E-state index contributed by atoms with van der Waals surface area (Å²) in [5.74, 6) is 0.810. The quantitative estimate of drug-likeness (QED) is 0.586. The largest absolute Gasteiger partial charge is 0.496 e. The van der Waals surface area contributed by atoms with Crippen molar-refractivity contribution < 1.29 is 14.3 Å². The van der Waals surface area contributed by atoms with E-state index in [0.717, 1.165) is 0 Å². The zero-order chi connectivity index (χ0) is 10.7. The minimum atomic E-state index is -0.141. The number of benzene rings is 1. The second-order valence-electron chi connectivity index (χ2n) is 2.81. The van der Waals surface area contributed by atoms with Crippen LogP contribution in [0.1, 0.15) is 17.3 Å². The van der Waals surface area contributed by atoms with Gasteiger partial charge in [-0.2, -0.15) is 0 Å². The Hall–Kier alpha value is -1.71. The average Bonchev–Trinajstić information content (AvgIpc) is 2.16. The highest BCUT2D eigenvalue weighted by Crippen LogP contribution is 2.32. The third-order valence-corrected chi connectivity index (χ3v) is 1.96. The summed E-state index contributed by atoms with van der Waals surface area (Å²) in [5, 5.41) is 0. The number of carbonyl (C=O) groups is 1. The average molecular weight is 195 g/mol. The second kappa shape index (κ2) is 4.00. The van der Waals surface area contributed by atoms with Crippen LogP contribution in [-0.2, 0) is 0 Å². The van der Waals surface area contributed by atoms with E-state index in [-0.39, 0.29) is 5.78 Å². The topological polar surface area (TPSA) is 61.5 Å². The summed E-state index contributed by atoms with van der Waals surface area (Å²) in [6.07, 6.45) is 0. The van der Waals surface area contributed by atoms with Crippen molar-refractivity contribution in [3.63, 3.8) is 0 Å². The molecule has 4 nitrogen and oxygen atoms in total. The molecule has 0 unspecified atom stereocenters. The van der Waals surface area contributed by atoms with E-state index in [0.29, 0.717) is 22.7 Å². The fourth-order valence-electron chi connectivity index (χ4n) is 1.29. The molecule has 0 atom stereocenters. The Morgan fingerprint density at radius 2 is 1.71 bits per heavy atom. The normalized spacial score (nSPS) is 9.64. The monoisotopic (exact) mass is 195 g/mol. The predicted molar refractivity (Wildman–Crippen MR) is 54.0 cm³/mol. The zero-order valence-corrected chi connectivity index (χ0v) is 8.46. The zero-order valence-electron chi connectivity index (χ0n) is 8.46. The van der Waals surface area contributed by atoms with Crippen molar-refractivity contribution in [2.24, 2.45) is 0 Å². The van der Waals surface area contributed by atoms with Crippen molar-refractivity contribution in [3.8, 4) is 11.5 Å². The Morgan fingerprint density at radius 1 is 1.21 bits per heavy atom. The third kappa shape index (κ3) is 1.64. The Morgan fingerprint density at radius 3 is 2.14 bits per heavy atom. The van der Waals surface area contributed by atoms with Gasteiger partial charge in [0.15, 0.2) is 5.78 Å². The maximum absolute atomic E-state index is 11.3. The highest BCUT2D eigenvalue weighted by molar-refractivity contribution is 6.03. The molecule has 0 aliphatic carbocycles. The lowest BCUT2D eigenvalue weighted by atomic mass is 10.1. The fourth-order valence-corrected chi connectivity index (χ4v) is 1.29. The smallest absolute Gasteiger partial charge is 0.165 e. The van der Waals surface area contributed by atoms with E-state index in [1.54, 1.807) is 12.1 Å². The molecule has 0 aliphatic rings. The van der Waals surface area contributed by atoms with E-state index >= 15 is 0 Å². The van der Waals surface area contributed by atoms with E-state index in [1.807, 2.05) is 0 Å². The van der Waals surface area contributed by atoms with Crippen molar-refractivity contribution in [2.45, 2.75) is 6.92 Å². The van der Waals surface area contributed by atoms with E-state index in [1.165, 1.54) is 21.1 Å². The fraction of sp³-hybridized carbons (Fsp3) is 0.300. The number of nitrogens with two attached hydrogens (primary N) is 1. The van der Waals surface area contributed by atoms with Crippen LogP contribution in [-0.4, -0.2) is 20.0 Å². The van der Waals surface area contributed by atoms with Crippen LogP contribution in [0.15, 0.2) is 12.1 Å². The molecule has 0 saturated carbocycles. The first-order valence-corrected chi connectivity index (χ1v) is 4.13. The Bertz CT molecular complexity index is 361. The van der Waals surface area contributed by atoms with Crippen molar-refractivity contribution >= 4 is 11.5 Å². The number of methoxy groups -OCH3 is 2. The van der Waals surface area contributed by atoms with Crippen molar-refractivity contribution in [3.05, 3.63) is 17.7 Å². The van der Waals surface area contributed by atoms with Gasteiger partial charge in [0.2, 0.25) is 0 Å². The Balaban J connectivity index is 3.39. The maximum atomic E-state index is 11.3. The summed E-state index contributed by atoms with van der Waals surface area (Å²) in [6.45, 7) is 1.44. The van der Waals surface area contributed by atoms with Crippen molar-refractivity contribution in [2.75, 3.05) is 20.0 Å². The number of hydrogen-bond acceptors (Lipinski definition) is 4. The van der Waals surface area contributed by atoms with Crippen LogP contribution in [0, 0.1) is 0 Å². The molecule has 0 radical (unpaired) electrons.